The molecule has 246 valence electrons. The summed E-state index contributed by atoms with van der Waals surface area (Å²) < 4.78 is 33.0. The van der Waals surface area contributed by atoms with E-state index in [0.717, 1.165) is 43.5 Å². The van der Waals surface area contributed by atoms with Gasteiger partial charge in [-0.2, -0.15) is 4.98 Å². The highest BCUT2D eigenvalue weighted by Gasteiger charge is 2.28. The summed E-state index contributed by atoms with van der Waals surface area (Å²) in [4.78, 5) is 26.5. The van der Waals surface area contributed by atoms with Gasteiger partial charge in [-0.1, -0.05) is 42.5 Å². The van der Waals surface area contributed by atoms with Gasteiger partial charge in [-0.25, -0.2) is 13.4 Å². The van der Waals surface area contributed by atoms with Gasteiger partial charge < -0.3 is 25.6 Å². The summed E-state index contributed by atoms with van der Waals surface area (Å²) >= 11 is 0. The van der Waals surface area contributed by atoms with Crippen LogP contribution in [-0.2, 0) is 14.6 Å². The van der Waals surface area contributed by atoms with E-state index >= 15 is 0 Å². The third kappa shape index (κ3) is 6.49. The smallest absolute Gasteiger partial charge is 0.234 e. The lowest BCUT2D eigenvalue weighted by atomic mass is 10.0. The van der Waals surface area contributed by atoms with E-state index in [-0.39, 0.29) is 15.7 Å². The number of carbonyl (C=O) groups excluding carboxylic acids is 1. The molecule has 1 aromatic heterocycles. The van der Waals surface area contributed by atoms with Crippen LogP contribution in [0.15, 0.2) is 107 Å². The van der Waals surface area contributed by atoms with Gasteiger partial charge in [0.1, 0.15) is 11.6 Å². The van der Waals surface area contributed by atoms with Crippen LogP contribution in [0.1, 0.15) is 12.8 Å². The molecule has 2 aliphatic rings. The first-order valence-electron chi connectivity index (χ1n) is 16.0. The van der Waals surface area contributed by atoms with Crippen LogP contribution in [0.3, 0.4) is 0 Å². The van der Waals surface area contributed by atoms with E-state index in [0.29, 0.717) is 53.5 Å². The number of piperazine rings is 1. The number of sulfone groups is 1. The van der Waals surface area contributed by atoms with Gasteiger partial charge in [0, 0.05) is 49.4 Å². The fourth-order valence-corrected chi connectivity index (χ4v) is 7.88. The lowest BCUT2D eigenvalue weighted by Gasteiger charge is -2.40. The highest BCUT2D eigenvalue weighted by Crippen LogP contribution is 2.35. The summed E-state index contributed by atoms with van der Waals surface area (Å²) in [6, 6.07) is 29.2. The number of amides is 1. The largest absolute Gasteiger partial charge is 0.494 e. The second kappa shape index (κ2) is 13.5. The molecule has 12 heteroatoms. The zero-order chi connectivity index (χ0) is 33.1. The minimum absolute atomic E-state index is 0.107. The molecule has 0 atom stereocenters. The third-order valence-corrected chi connectivity index (χ3v) is 10.8. The number of aromatic nitrogens is 2. The molecule has 11 nitrogen and oxygen atoms in total. The lowest BCUT2D eigenvalue weighted by Crippen LogP contribution is -2.54. The molecular weight excluding hydrogens is 627 g/mol. The first-order valence-corrected chi connectivity index (χ1v) is 17.5. The summed E-state index contributed by atoms with van der Waals surface area (Å²) in [5.74, 6) is 1.55. The molecule has 0 saturated carbocycles. The molecule has 0 aliphatic carbocycles. The minimum atomic E-state index is -3.80. The van der Waals surface area contributed by atoms with Crippen molar-refractivity contribution in [3.05, 3.63) is 97.1 Å². The number of piperidine rings is 1. The van der Waals surface area contributed by atoms with Gasteiger partial charge in [0.2, 0.25) is 21.7 Å². The summed E-state index contributed by atoms with van der Waals surface area (Å²) in [6.45, 7) is 3.88. The van der Waals surface area contributed by atoms with Gasteiger partial charge in [-0.3, -0.25) is 9.69 Å². The molecule has 0 radical (unpaired) electrons. The molecule has 2 saturated heterocycles. The van der Waals surface area contributed by atoms with Crippen LogP contribution in [0.2, 0.25) is 0 Å². The highest BCUT2D eigenvalue weighted by atomic mass is 32.2. The number of hydrogen-bond acceptors (Lipinski definition) is 10. The maximum atomic E-state index is 13.6. The molecule has 0 unspecified atom stereocenters. The number of methoxy groups -OCH3 is 1. The number of para-hydroxylation sites is 2. The van der Waals surface area contributed by atoms with Crippen LogP contribution in [0.25, 0.3) is 10.9 Å². The quantitative estimate of drug-likeness (QED) is 0.190. The maximum Gasteiger partial charge on any atom is 0.234 e. The predicted octanol–water partition coefficient (Wildman–Crippen LogP) is 5.36. The van der Waals surface area contributed by atoms with Gasteiger partial charge in [-0.05, 0) is 61.4 Å². The molecule has 2 aliphatic heterocycles. The SMILES string of the molecule is COc1cc(N2CCC(N3CCNC(=O)C3)CC2)ccc1Nc1nc(Nc2ccccc2S(=O)(=O)c2ccccc2)c2ccccc2n1. The molecule has 48 heavy (non-hydrogen) atoms. The summed E-state index contributed by atoms with van der Waals surface area (Å²) in [6.07, 6.45) is 1.98. The molecule has 4 aromatic carbocycles. The number of benzene rings is 4. The van der Waals surface area contributed by atoms with Gasteiger partial charge in [0.05, 0.1) is 40.3 Å². The molecule has 3 heterocycles. The minimum Gasteiger partial charge on any atom is -0.494 e. The van der Waals surface area contributed by atoms with Crippen molar-refractivity contribution in [2.24, 2.45) is 0 Å². The van der Waals surface area contributed by atoms with Crippen LogP contribution >= 0.6 is 0 Å². The van der Waals surface area contributed by atoms with Gasteiger partial charge in [0.25, 0.3) is 0 Å². The van der Waals surface area contributed by atoms with Gasteiger partial charge >= 0.3 is 0 Å². The zero-order valence-electron chi connectivity index (χ0n) is 26.6. The van der Waals surface area contributed by atoms with Crippen molar-refractivity contribution in [1.82, 2.24) is 20.2 Å². The number of ether oxygens (including phenoxy) is 1. The Morgan fingerprint density at radius 1 is 0.833 bits per heavy atom. The predicted molar refractivity (Wildman–Crippen MR) is 187 cm³/mol. The first-order chi connectivity index (χ1) is 23.4. The standard InChI is InChI=1S/C36H37N7O4S/c1-47-32-23-26(42-20-17-25(18-21-42)43-22-19-37-34(44)24-43)15-16-30(32)40-36-39-29-12-6-5-11-28(29)35(41-36)38-31-13-7-8-14-33(31)48(45,46)27-9-3-2-4-10-27/h2-16,23,25H,17-22,24H2,1H3,(H,37,44)(H2,38,39,40,41). The molecule has 0 spiro atoms. The average Bonchev–Trinajstić information content (AvgIpc) is 3.12. The summed E-state index contributed by atoms with van der Waals surface area (Å²) in [5, 5.41) is 10.3. The molecule has 3 N–H and O–H groups in total. The number of nitrogens with one attached hydrogen (secondary N) is 3. The number of fused-ring (bicyclic) bond motifs is 1. The zero-order valence-corrected chi connectivity index (χ0v) is 27.4. The van der Waals surface area contributed by atoms with Gasteiger partial charge in [0.15, 0.2) is 0 Å². The van der Waals surface area contributed by atoms with E-state index in [1.165, 1.54) is 0 Å². The van der Waals surface area contributed by atoms with Crippen molar-refractivity contribution in [2.45, 2.75) is 28.7 Å². The second-order valence-electron chi connectivity index (χ2n) is 11.9. The third-order valence-electron chi connectivity index (χ3n) is 8.93. The van der Waals surface area contributed by atoms with Gasteiger partial charge in [-0.15, -0.1) is 0 Å². The topological polar surface area (TPSA) is 129 Å². The number of rotatable bonds is 9. The van der Waals surface area contributed by atoms with Crippen LogP contribution in [-0.4, -0.2) is 75.1 Å². The lowest BCUT2D eigenvalue weighted by molar-refractivity contribution is -0.125. The van der Waals surface area contributed by atoms with Crippen molar-refractivity contribution < 1.29 is 17.9 Å². The number of nitrogens with zero attached hydrogens (tertiary/aromatic N) is 4. The molecule has 7 rings (SSSR count). The molecule has 0 bridgehead atoms. The van der Waals surface area contributed by atoms with E-state index in [2.05, 4.69) is 31.8 Å². The maximum absolute atomic E-state index is 13.6. The fraction of sp³-hybridized carbons (Fsp3) is 0.250. The van der Waals surface area contributed by atoms with E-state index in [1.54, 1.807) is 61.7 Å². The van der Waals surface area contributed by atoms with Crippen molar-refractivity contribution in [1.29, 1.82) is 0 Å². The first kappa shape index (κ1) is 31.4. The van der Waals surface area contributed by atoms with E-state index < -0.39 is 9.84 Å². The Hall–Kier alpha value is -5.20. The van der Waals surface area contributed by atoms with E-state index in [4.69, 9.17) is 14.7 Å². The Bertz CT molecular complexity index is 2050. The van der Waals surface area contributed by atoms with Crippen molar-refractivity contribution in [2.75, 3.05) is 55.4 Å². The summed E-state index contributed by atoms with van der Waals surface area (Å²) in [7, 11) is -2.16. The van der Waals surface area contributed by atoms with E-state index in [9.17, 15) is 13.2 Å². The second-order valence-corrected chi connectivity index (χ2v) is 13.8. The normalized spacial score (nSPS) is 16.0. The van der Waals surface area contributed by atoms with Crippen LogP contribution in [0.5, 0.6) is 5.75 Å². The van der Waals surface area contributed by atoms with Crippen molar-refractivity contribution in [3.8, 4) is 5.75 Å². The molecule has 2 fully saturated rings. The number of carbonyl (C=O) groups is 1. The Kier molecular flexibility index (Phi) is 8.83. The van der Waals surface area contributed by atoms with E-state index in [1.807, 2.05) is 36.4 Å². The Labute approximate surface area is 279 Å². The number of anilines is 5. The summed E-state index contributed by atoms with van der Waals surface area (Å²) in [5.41, 5.74) is 2.85. The molecular formula is C36H37N7O4S. The van der Waals surface area contributed by atoms with Crippen molar-refractivity contribution >= 4 is 55.5 Å². The highest BCUT2D eigenvalue weighted by molar-refractivity contribution is 7.91. The molecule has 5 aromatic rings. The molecule has 1 amide bonds. The number of hydrogen-bond donors (Lipinski definition) is 3. The fourth-order valence-electron chi connectivity index (χ4n) is 6.45. The monoisotopic (exact) mass is 663 g/mol. The van der Waals surface area contributed by atoms with Crippen LogP contribution in [0, 0.1) is 0 Å². The van der Waals surface area contributed by atoms with Crippen LogP contribution < -0.4 is 25.6 Å². The Morgan fingerprint density at radius 2 is 1.58 bits per heavy atom. The Morgan fingerprint density at radius 3 is 2.38 bits per heavy atom. The Balaban J connectivity index is 1.13. The van der Waals surface area contributed by atoms with Crippen LogP contribution in [0.4, 0.5) is 28.8 Å². The average molecular weight is 664 g/mol. The van der Waals surface area contributed by atoms with Crippen molar-refractivity contribution in [3.63, 3.8) is 0 Å².